The number of hydrogen-bond donors (Lipinski definition) is 1. The van der Waals surface area contributed by atoms with Crippen LogP contribution in [0.2, 0.25) is 0 Å². The first-order valence-electron chi connectivity index (χ1n) is 5.23. The van der Waals surface area contributed by atoms with E-state index in [1.54, 1.807) is 6.07 Å². The minimum atomic E-state index is -0.514. The number of thioether (sulfide) groups is 1. The number of nitrogens with one attached hydrogen (secondary N) is 1. The molecule has 0 bridgehead atoms. The highest BCUT2D eigenvalue weighted by atomic mass is 79.9. The van der Waals surface area contributed by atoms with E-state index in [1.807, 2.05) is 0 Å². The third kappa shape index (κ3) is 3.23. The summed E-state index contributed by atoms with van der Waals surface area (Å²) in [5.74, 6) is -0.217. The number of anilines is 1. The highest BCUT2D eigenvalue weighted by Gasteiger charge is 2.23. The van der Waals surface area contributed by atoms with Gasteiger partial charge in [-0.25, -0.2) is 4.39 Å². The third-order valence-corrected chi connectivity index (χ3v) is 3.77. The van der Waals surface area contributed by atoms with E-state index in [0.717, 1.165) is 0 Å². The fourth-order valence-electron chi connectivity index (χ4n) is 1.52. The van der Waals surface area contributed by atoms with Crippen molar-refractivity contribution in [2.45, 2.75) is 0 Å². The predicted molar refractivity (Wildman–Crippen MR) is 72.2 cm³/mol. The number of nitrogens with zero attached hydrogens (tertiary/aromatic N) is 1. The zero-order valence-corrected chi connectivity index (χ0v) is 11.7. The van der Waals surface area contributed by atoms with Gasteiger partial charge in [-0.05, 0) is 18.2 Å². The molecule has 18 heavy (non-hydrogen) atoms. The van der Waals surface area contributed by atoms with Crippen molar-refractivity contribution in [1.82, 2.24) is 4.90 Å². The van der Waals surface area contributed by atoms with Gasteiger partial charge < -0.3 is 10.2 Å². The van der Waals surface area contributed by atoms with Crippen LogP contribution in [0.1, 0.15) is 0 Å². The first kappa shape index (κ1) is 13.4. The molecular weight excluding hydrogens is 323 g/mol. The molecule has 1 aromatic rings. The van der Waals surface area contributed by atoms with Crippen molar-refractivity contribution < 1.29 is 14.0 Å². The number of halogens is 2. The molecule has 1 fully saturated rings. The Labute approximate surface area is 116 Å². The molecular formula is C11H10BrFN2O2S. The fraction of sp³-hybridized carbons (Fsp3) is 0.273. The second-order valence-electron chi connectivity index (χ2n) is 3.71. The van der Waals surface area contributed by atoms with Gasteiger partial charge in [0.05, 0.1) is 5.69 Å². The quantitative estimate of drug-likeness (QED) is 0.925. The molecule has 0 atom stereocenters. The summed E-state index contributed by atoms with van der Waals surface area (Å²) in [5.41, 5.74) is 0.113. The Morgan fingerprint density at radius 2 is 2.33 bits per heavy atom. The molecule has 1 aromatic carbocycles. The maximum atomic E-state index is 13.5. The molecule has 2 amide bonds. The molecule has 96 valence electrons. The summed E-state index contributed by atoms with van der Waals surface area (Å²) in [6, 6.07) is 4.37. The van der Waals surface area contributed by atoms with E-state index in [1.165, 1.54) is 28.8 Å². The van der Waals surface area contributed by atoms with Crippen molar-refractivity contribution in [3.8, 4) is 0 Å². The van der Waals surface area contributed by atoms with Gasteiger partial charge in [-0.2, -0.15) is 0 Å². The van der Waals surface area contributed by atoms with Crippen LogP contribution in [0.15, 0.2) is 22.7 Å². The number of carbonyl (C=O) groups is 2. The summed E-state index contributed by atoms with van der Waals surface area (Å²) in [5, 5.41) is 2.34. The first-order valence-corrected chi connectivity index (χ1v) is 7.01. The summed E-state index contributed by atoms with van der Waals surface area (Å²) in [4.78, 5) is 24.4. The third-order valence-electron chi connectivity index (χ3n) is 2.38. The minimum absolute atomic E-state index is 0.0403. The van der Waals surface area contributed by atoms with Crippen molar-refractivity contribution in [2.75, 3.05) is 24.2 Å². The van der Waals surface area contributed by atoms with Gasteiger partial charge in [0.2, 0.25) is 5.91 Å². The predicted octanol–water partition coefficient (Wildman–Crippen LogP) is 2.70. The minimum Gasteiger partial charge on any atom is -0.323 e. The molecule has 7 heteroatoms. The summed E-state index contributed by atoms with van der Waals surface area (Å²) < 4.78 is 14.1. The smallest absolute Gasteiger partial charge is 0.282 e. The van der Waals surface area contributed by atoms with Crippen molar-refractivity contribution >= 4 is 44.5 Å². The second kappa shape index (κ2) is 5.71. The Balaban J connectivity index is 1.96. The molecule has 4 nitrogen and oxygen atoms in total. The van der Waals surface area contributed by atoms with Crippen molar-refractivity contribution in [2.24, 2.45) is 0 Å². The molecule has 0 aromatic heterocycles. The van der Waals surface area contributed by atoms with Crippen LogP contribution in [0.4, 0.5) is 14.9 Å². The summed E-state index contributed by atoms with van der Waals surface area (Å²) in [6.07, 6.45) is 0. The monoisotopic (exact) mass is 332 g/mol. The van der Waals surface area contributed by atoms with Crippen molar-refractivity contribution in [3.05, 3.63) is 28.5 Å². The molecule has 0 spiro atoms. The van der Waals surface area contributed by atoms with E-state index >= 15 is 0 Å². The topological polar surface area (TPSA) is 49.4 Å². The Hall–Kier alpha value is -1.08. The molecule has 1 saturated heterocycles. The Morgan fingerprint density at radius 1 is 1.56 bits per heavy atom. The second-order valence-corrected chi connectivity index (χ2v) is 5.67. The van der Waals surface area contributed by atoms with Crippen LogP contribution in [-0.2, 0) is 4.79 Å². The normalized spacial score (nSPS) is 15.0. The molecule has 0 aliphatic carbocycles. The van der Waals surface area contributed by atoms with Gasteiger partial charge in [-0.3, -0.25) is 9.59 Å². The van der Waals surface area contributed by atoms with Crippen LogP contribution >= 0.6 is 27.7 Å². The maximum Gasteiger partial charge on any atom is 0.282 e. The molecule has 1 aliphatic rings. The highest BCUT2D eigenvalue weighted by molar-refractivity contribution is 9.10. The van der Waals surface area contributed by atoms with E-state index in [9.17, 15) is 14.0 Å². The average molecular weight is 333 g/mol. The number of rotatable bonds is 3. The van der Waals surface area contributed by atoms with Crippen LogP contribution in [0.3, 0.4) is 0 Å². The summed E-state index contributed by atoms with van der Waals surface area (Å²) >= 11 is 4.32. The molecule has 0 radical (unpaired) electrons. The van der Waals surface area contributed by atoms with E-state index in [4.69, 9.17) is 0 Å². The van der Waals surface area contributed by atoms with E-state index in [-0.39, 0.29) is 17.5 Å². The molecule has 0 saturated carbocycles. The Kier molecular flexibility index (Phi) is 4.23. The van der Waals surface area contributed by atoms with Crippen molar-refractivity contribution in [3.63, 3.8) is 0 Å². The molecule has 0 unspecified atom stereocenters. The lowest BCUT2D eigenvalue weighted by Gasteiger charge is -2.14. The largest absolute Gasteiger partial charge is 0.323 e. The lowest BCUT2D eigenvalue weighted by atomic mass is 10.3. The highest BCUT2D eigenvalue weighted by Crippen LogP contribution is 2.20. The van der Waals surface area contributed by atoms with Gasteiger partial charge in [0.15, 0.2) is 0 Å². The number of amides is 2. The zero-order valence-electron chi connectivity index (χ0n) is 9.28. The number of benzene rings is 1. The van der Waals surface area contributed by atoms with Gasteiger partial charge in [0.25, 0.3) is 5.24 Å². The van der Waals surface area contributed by atoms with Gasteiger partial charge in [0.1, 0.15) is 12.4 Å². The summed E-state index contributed by atoms with van der Waals surface area (Å²) in [6.45, 7) is 0.515. The van der Waals surface area contributed by atoms with E-state index < -0.39 is 11.7 Å². The maximum absolute atomic E-state index is 13.5. The average Bonchev–Trinajstić information content (AvgIpc) is 2.69. The molecule has 1 aliphatic heterocycles. The number of carbonyl (C=O) groups excluding carboxylic acids is 2. The zero-order chi connectivity index (χ0) is 13.1. The standard InChI is InChI=1S/C11H10BrFN2O2S/c12-7-1-2-9(8(13)5-7)14-10(16)6-15-3-4-18-11(15)17/h1-2,5H,3-4,6H2,(H,14,16). The number of hydrogen-bond acceptors (Lipinski definition) is 3. The van der Waals surface area contributed by atoms with Crippen LogP contribution in [-0.4, -0.2) is 34.9 Å². The lowest BCUT2D eigenvalue weighted by molar-refractivity contribution is -0.116. The Morgan fingerprint density at radius 3 is 2.94 bits per heavy atom. The first-order chi connectivity index (χ1) is 8.56. The van der Waals surface area contributed by atoms with Gasteiger partial charge >= 0.3 is 0 Å². The van der Waals surface area contributed by atoms with Crippen LogP contribution in [0.25, 0.3) is 0 Å². The van der Waals surface area contributed by atoms with Crippen LogP contribution in [0.5, 0.6) is 0 Å². The van der Waals surface area contributed by atoms with E-state index in [2.05, 4.69) is 21.2 Å². The summed E-state index contributed by atoms with van der Waals surface area (Å²) in [7, 11) is 0. The van der Waals surface area contributed by atoms with Crippen molar-refractivity contribution in [1.29, 1.82) is 0 Å². The van der Waals surface area contributed by atoms with Gasteiger partial charge in [-0.1, -0.05) is 27.7 Å². The molecule has 1 heterocycles. The van der Waals surface area contributed by atoms with Gasteiger partial charge in [-0.15, -0.1) is 0 Å². The van der Waals surface area contributed by atoms with Gasteiger partial charge in [0, 0.05) is 16.8 Å². The van der Waals surface area contributed by atoms with E-state index in [0.29, 0.717) is 16.8 Å². The molecule has 2 rings (SSSR count). The van der Waals surface area contributed by atoms with Crippen LogP contribution in [0, 0.1) is 5.82 Å². The SMILES string of the molecule is O=C(CN1CCSC1=O)Nc1ccc(Br)cc1F. The Bertz CT molecular complexity index is 498. The lowest BCUT2D eigenvalue weighted by Crippen LogP contribution is -2.33. The van der Waals surface area contributed by atoms with Crippen LogP contribution < -0.4 is 5.32 Å². The molecule has 1 N–H and O–H groups in total. The fourth-order valence-corrected chi connectivity index (χ4v) is 2.68.